The number of fused-ring (bicyclic) bond motifs is 1. The van der Waals surface area contributed by atoms with Crippen LogP contribution in [0.5, 0.6) is 0 Å². The molecule has 0 spiro atoms. The average molecular weight is 228 g/mol. The van der Waals surface area contributed by atoms with E-state index in [2.05, 4.69) is 29.2 Å². The molecule has 1 aliphatic heterocycles. The second-order valence-corrected chi connectivity index (χ2v) is 4.37. The molecule has 1 aromatic heterocycles. The highest BCUT2D eigenvalue weighted by atomic mass is 16.3. The Kier molecular flexibility index (Phi) is 2.61. The summed E-state index contributed by atoms with van der Waals surface area (Å²) in [6.07, 6.45) is 1.13. The molecule has 0 radical (unpaired) electrons. The summed E-state index contributed by atoms with van der Waals surface area (Å²) in [6.45, 7) is 2.37. The lowest BCUT2D eigenvalue weighted by molar-refractivity contribution is 0.463. The van der Waals surface area contributed by atoms with E-state index in [1.165, 1.54) is 11.3 Å². The molecule has 17 heavy (non-hydrogen) atoms. The maximum atomic E-state index is 5.64. The van der Waals surface area contributed by atoms with Crippen LogP contribution < -0.4 is 10.6 Å². The van der Waals surface area contributed by atoms with E-state index < -0.39 is 0 Å². The summed E-state index contributed by atoms with van der Waals surface area (Å²) in [6, 6.07) is 12.5. The van der Waals surface area contributed by atoms with Crippen molar-refractivity contribution >= 4 is 5.69 Å². The van der Waals surface area contributed by atoms with E-state index in [1.54, 1.807) is 0 Å². The molecule has 88 valence electrons. The van der Waals surface area contributed by atoms with E-state index in [0.29, 0.717) is 6.54 Å². The Balaban J connectivity index is 1.79. The fourth-order valence-electron chi connectivity index (χ4n) is 2.38. The van der Waals surface area contributed by atoms with Gasteiger partial charge < -0.3 is 15.1 Å². The van der Waals surface area contributed by atoms with Crippen molar-refractivity contribution in [3.8, 4) is 0 Å². The number of hydrogen-bond acceptors (Lipinski definition) is 3. The quantitative estimate of drug-likeness (QED) is 0.876. The molecule has 2 heterocycles. The molecule has 3 nitrogen and oxygen atoms in total. The van der Waals surface area contributed by atoms with Gasteiger partial charge in [-0.3, -0.25) is 0 Å². The third-order valence-electron chi connectivity index (χ3n) is 3.25. The molecule has 0 amide bonds. The molecule has 0 fully saturated rings. The first-order valence-electron chi connectivity index (χ1n) is 5.97. The number of para-hydroxylation sites is 1. The Morgan fingerprint density at radius 3 is 2.76 bits per heavy atom. The van der Waals surface area contributed by atoms with E-state index in [4.69, 9.17) is 10.2 Å². The number of nitrogens with zero attached hydrogens (tertiary/aromatic N) is 1. The summed E-state index contributed by atoms with van der Waals surface area (Å²) in [5, 5.41) is 0. The zero-order valence-electron chi connectivity index (χ0n) is 9.73. The number of benzene rings is 1. The predicted molar refractivity (Wildman–Crippen MR) is 67.8 cm³/mol. The highest BCUT2D eigenvalue weighted by Crippen LogP contribution is 2.28. The second-order valence-electron chi connectivity index (χ2n) is 4.37. The molecule has 1 aromatic carbocycles. The first kappa shape index (κ1) is 10.4. The van der Waals surface area contributed by atoms with Gasteiger partial charge in [0.1, 0.15) is 11.5 Å². The van der Waals surface area contributed by atoms with Gasteiger partial charge in [0.05, 0.1) is 13.1 Å². The topological polar surface area (TPSA) is 42.4 Å². The Morgan fingerprint density at radius 1 is 1.12 bits per heavy atom. The number of nitrogens with two attached hydrogens (primary N) is 1. The molecule has 0 saturated heterocycles. The maximum absolute atomic E-state index is 5.64. The van der Waals surface area contributed by atoms with Crippen molar-refractivity contribution in [2.24, 2.45) is 5.73 Å². The van der Waals surface area contributed by atoms with Gasteiger partial charge in [-0.1, -0.05) is 18.2 Å². The largest absolute Gasteiger partial charge is 0.463 e. The van der Waals surface area contributed by atoms with Crippen molar-refractivity contribution in [3.05, 3.63) is 53.5 Å². The van der Waals surface area contributed by atoms with Gasteiger partial charge in [0.15, 0.2) is 0 Å². The van der Waals surface area contributed by atoms with Crippen molar-refractivity contribution < 1.29 is 4.42 Å². The SMILES string of the molecule is NCc1ccc(CN2CCc3ccccc32)o1. The number of rotatable bonds is 3. The Hall–Kier alpha value is -1.74. The molecule has 3 rings (SSSR count). The highest BCUT2D eigenvalue weighted by molar-refractivity contribution is 5.57. The van der Waals surface area contributed by atoms with Crippen molar-refractivity contribution in [2.75, 3.05) is 11.4 Å². The molecule has 0 unspecified atom stereocenters. The predicted octanol–water partition coefficient (Wildman–Crippen LogP) is 2.30. The van der Waals surface area contributed by atoms with Gasteiger partial charge in [0, 0.05) is 12.2 Å². The van der Waals surface area contributed by atoms with Gasteiger partial charge in [-0.2, -0.15) is 0 Å². The third kappa shape index (κ3) is 1.94. The molecular formula is C14H16N2O. The molecule has 3 heteroatoms. The van der Waals surface area contributed by atoms with Crippen molar-refractivity contribution in [3.63, 3.8) is 0 Å². The van der Waals surface area contributed by atoms with Crippen molar-refractivity contribution in [1.29, 1.82) is 0 Å². The molecule has 2 aromatic rings. The molecule has 0 aliphatic carbocycles. The van der Waals surface area contributed by atoms with Crippen LogP contribution >= 0.6 is 0 Å². The minimum Gasteiger partial charge on any atom is -0.463 e. The minimum atomic E-state index is 0.469. The van der Waals surface area contributed by atoms with Crippen LogP contribution in [0.25, 0.3) is 0 Å². The number of furan rings is 1. The number of anilines is 1. The van der Waals surface area contributed by atoms with E-state index in [-0.39, 0.29) is 0 Å². The molecule has 1 aliphatic rings. The fourth-order valence-corrected chi connectivity index (χ4v) is 2.38. The average Bonchev–Trinajstić information content (AvgIpc) is 2.97. The zero-order chi connectivity index (χ0) is 11.7. The first-order valence-corrected chi connectivity index (χ1v) is 5.97. The second kappa shape index (κ2) is 4.26. The van der Waals surface area contributed by atoms with Crippen LogP contribution in [0.15, 0.2) is 40.8 Å². The standard InChI is InChI=1S/C14H16N2O/c15-9-12-5-6-13(17-12)10-16-8-7-11-3-1-2-4-14(11)16/h1-6H,7-10,15H2. The maximum Gasteiger partial charge on any atom is 0.123 e. The fraction of sp³-hybridized carbons (Fsp3) is 0.286. The Morgan fingerprint density at radius 2 is 1.94 bits per heavy atom. The lowest BCUT2D eigenvalue weighted by Gasteiger charge is -2.17. The van der Waals surface area contributed by atoms with E-state index in [9.17, 15) is 0 Å². The summed E-state index contributed by atoms with van der Waals surface area (Å²) < 4.78 is 5.64. The van der Waals surface area contributed by atoms with Crippen LogP contribution in [0.2, 0.25) is 0 Å². The van der Waals surface area contributed by atoms with Crippen LogP contribution in [0.3, 0.4) is 0 Å². The molecule has 0 atom stereocenters. The first-order chi connectivity index (χ1) is 8.36. The van der Waals surface area contributed by atoms with Gasteiger partial charge in [-0.05, 0) is 30.2 Å². The van der Waals surface area contributed by atoms with E-state index in [0.717, 1.165) is 31.0 Å². The normalized spacial score (nSPS) is 14.1. The summed E-state index contributed by atoms with van der Waals surface area (Å²) >= 11 is 0. The van der Waals surface area contributed by atoms with E-state index in [1.807, 2.05) is 12.1 Å². The van der Waals surface area contributed by atoms with Crippen LogP contribution in [-0.4, -0.2) is 6.54 Å². The molecule has 0 bridgehead atoms. The van der Waals surface area contributed by atoms with Gasteiger partial charge in [-0.25, -0.2) is 0 Å². The zero-order valence-corrected chi connectivity index (χ0v) is 9.73. The summed E-state index contributed by atoms with van der Waals surface area (Å²) in [4.78, 5) is 2.36. The lowest BCUT2D eigenvalue weighted by Crippen LogP contribution is -2.19. The van der Waals surface area contributed by atoms with Crippen LogP contribution in [0.1, 0.15) is 17.1 Å². The molecule has 0 saturated carbocycles. The monoisotopic (exact) mass is 228 g/mol. The summed E-state index contributed by atoms with van der Waals surface area (Å²) in [7, 11) is 0. The van der Waals surface area contributed by atoms with Gasteiger partial charge in [0.25, 0.3) is 0 Å². The highest BCUT2D eigenvalue weighted by Gasteiger charge is 2.19. The van der Waals surface area contributed by atoms with Gasteiger partial charge >= 0.3 is 0 Å². The minimum absolute atomic E-state index is 0.469. The summed E-state index contributed by atoms with van der Waals surface area (Å²) in [5.74, 6) is 1.84. The van der Waals surface area contributed by atoms with Crippen LogP contribution in [0, 0.1) is 0 Å². The lowest BCUT2D eigenvalue weighted by atomic mass is 10.2. The number of hydrogen-bond donors (Lipinski definition) is 1. The van der Waals surface area contributed by atoms with Crippen molar-refractivity contribution in [1.82, 2.24) is 0 Å². The molecule has 2 N–H and O–H groups in total. The van der Waals surface area contributed by atoms with Crippen molar-refractivity contribution in [2.45, 2.75) is 19.5 Å². The van der Waals surface area contributed by atoms with Crippen LogP contribution in [0.4, 0.5) is 5.69 Å². The summed E-state index contributed by atoms with van der Waals surface area (Å²) in [5.41, 5.74) is 8.30. The third-order valence-corrected chi connectivity index (χ3v) is 3.25. The van der Waals surface area contributed by atoms with E-state index >= 15 is 0 Å². The van der Waals surface area contributed by atoms with Gasteiger partial charge in [0.2, 0.25) is 0 Å². The Labute approximate surface area is 101 Å². The van der Waals surface area contributed by atoms with Crippen LogP contribution in [-0.2, 0) is 19.5 Å². The smallest absolute Gasteiger partial charge is 0.123 e. The molecular weight excluding hydrogens is 212 g/mol. The Bertz CT molecular complexity index is 518. The van der Waals surface area contributed by atoms with Gasteiger partial charge in [-0.15, -0.1) is 0 Å².